The van der Waals surface area contributed by atoms with Crippen molar-refractivity contribution in [2.75, 3.05) is 6.61 Å². The molecule has 0 aromatic heterocycles. The largest absolute Gasteiger partial charge is 0.462 e. The molecule has 0 unspecified atom stereocenters. The highest BCUT2D eigenvalue weighted by Gasteiger charge is 2.33. The first-order valence-electron chi connectivity index (χ1n) is 13.9. The summed E-state index contributed by atoms with van der Waals surface area (Å²) in [5.41, 5.74) is 2.98. The summed E-state index contributed by atoms with van der Waals surface area (Å²) in [6, 6.07) is 9.22. The number of ketones is 1. The van der Waals surface area contributed by atoms with Gasteiger partial charge in [-0.2, -0.15) is 0 Å². The minimum atomic E-state index is -0.210. The highest BCUT2D eigenvalue weighted by atomic mass is 16.5. The average molecular weight is 469 g/mol. The zero-order chi connectivity index (χ0) is 24.7. The van der Waals surface area contributed by atoms with Crippen LogP contribution < -0.4 is 0 Å². The number of rotatable bonds is 17. The van der Waals surface area contributed by atoms with Gasteiger partial charge in [-0.05, 0) is 56.7 Å². The fourth-order valence-corrected chi connectivity index (χ4v) is 4.95. The highest BCUT2D eigenvalue weighted by Crippen LogP contribution is 2.37. The van der Waals surface area contributed by atoms with Crippen LogP contribution in [0.3, 0.4) is 0 Å². The van der Waals surface area contributed by atoms with E-state index in [9.17, 15) is 9.59 Å². The van der Waals surface area contributed by atoms with E-state index < -0.39 is 0 Å². The normalized spacial score (nSPS) is 15.6. The van der Waals surface area contributed by atoms with Gasteiger partial charge >= 0.3 is 5.97 Å². The van der Waals surface area contributed by atoms with Crippen LogP contribution in [0.5, 0.6) is 0 Å². The maximum Gasteiger partial charge on any atom is 0.338 e. The fraction of sp³-hybridized carbons (Fsp3) is 0.677. The number of unbranched alkanes of at least 4 members (excludes halogenated alkanes) is 12. The molecule has 1 aliphatic rings. The van der Waals surface area contributed by atoms with E-state index in [-0.39, 0.29) is 11.4 Å². The molecule has 0 heterocycles. The Balaban J connectivity index is 1.33. The maximum atomic E-state index is 12.4. The van der Waals surface area contributed by atoms with Crippen molar-refractivity contribution in [2.24, 2.45) is 5.41 Å². The van der Waals surface area contributed by atoms with Gasteiger partial charge in [-0.3, -0.25) is 4.79 Å². The summed E-state index contributed by atoms with van der Waals surface area (Å²) in [5, 5.41) is 0. The van der Waals surface area contributed by atoms with Crippen molar-refractivity contribution >= 4 is 11.8 Å². The summed E-state index contributed by atoms with van der Waals surface area (Å²) in [7, 11) is 0. The minimum absolute atomic E-state index is 0.146. The first kappa shape index (κ1) is 28.3. The van der Waals surface area contributed by atoms with Crippen LogP contribution in [0.15, 0.2) is 41.5 Å². The summed E-state index contributed by atoms with van der Waals surface area (Å²) in [4.78, 5) is 24.3. The Hall–Kier alpha value is -1.90. The zero-order valence-corrected chi connectivity index (χ0v) is 22.1. The van der Waals surface area contributed by atoms with Crippen molar-refractivity contribution in [3.63, 3.8) is 0 Å². The Morgan fingerprint density at radius 1 is 0.794 bits per heavy atom. The van der Waals surface area contributed by atoms with E-state index in [4.69, 9.17) is 4.74 Å². The second-order valence-corrected chi connectivity index (χ2v) is 10.8. The number of hydrogen-bond donors (Lipinski definition) is 0. The van der Waals surface area contributed by atoms with Crippen LogP contribution in [0, 0.1) is 5.41 Å². The topological polar surface area (TPSA) is 43.4 Å². The van der Waals surface area contributed by atoms with Crippen molar-refractivity contribution in [1.82, 2.24) is 0 Å². The van der Waals surface area contributed by atoms with Crippen molar-refractivity contribution in [3.8, 4) is 0 Å². The number of allylic oxidation sites excluding steroid dienone is 2. The van der Waals surface area contributed by atoms with E-state index in [0.29, 0.717) is 18.0 Å². The lowest BCUT2D eigenvalue weighted by Gasteiger charge is -2.30. The molecule has 0 N–H and O–H groups in total. The van der Waals surface area contributed by atoms with E-state index >= 15 is 0 Å². The first-order valence-corrected chi connectivity index (χ1v) is 13.9. The van der Waals surface area contributed by atoms with Gasteiger partial charge in [0.25, 0.3) is 0 Å². The van der Waals surface area contributed by atoms with Crippen molar-refractivity contribution in [1.29, 1.82) is 0 Å². The minimum Gasteiger partial charge on any atom is -0.462 e. The lowest BCUT2D eigenvalue weighted by molar-refractivity contribution is -0.124. The molecule has 2 rings (SSSR count). The second kappa shape index (κ2) is 15.9. The van der Waals surface area contributed by atoms with Gasteiger partial charge in [0.05, 0.1) is 12.2 Å². The third kappa shape index (κ3) is 10.6. The van der Waals surface area contributed by atoms with Crippen LogP contribution in [0.4, 0.5) is 0 Å². The molecule has 1 aliphatic carbocycles. The van der Waals surface area contributed by atoms with Crippen LogP contribution in [-0.2, 0) is 9.53 Å². The average Bonchev–Trinajstić information content (AvgIpc) is 2.84. The number of ether oxygens (including phenoxy) is 1. The quantitative estimate of drug-likeness (QED) is 0.169. The molecule has 0 atom stereocenters. The summed E-state index contributed by atoms with van der Waals surface area (Å²) >= 11 is 0. The highest BCUT2D eigenvalue weighted by molar-refractivity contribution is 6.00. The number of carbonyl (C=O) groups excluding carboxylic acids is 2. The molecule has 0 fully saturated rings. The molecule has 190 valence electrons. The molecule has 34 heavy (non-hydrogen) atoms. The molecule has 3 heteroatoms. The van der Waals surface area contributed by atoms with Crippen molar-refractivity contribution < 1.29 is 14.3 Å². The predicted molar refractivity (Wildman–Crippen MR) is 142 cm³/mol. The lowest BCUT2D eigenvalue weighted by atomic mass is 9.73. The third-order valence-electron chi connectivity index (χ3n) is 7.40. The van der Waals surface area contributed by atoms with Gasteiger partial charge in [0, 0.05) is 5.41 Å². The van der Waals surface area contributed by atoms with E-state index in [1.165, 1.54) is 76.2 Å². The molecule has 3 nitrogen and oxygen atoms in total. The number of esters is 1. The molecule has 0 amide bonds. The van der Waals surface area contributed by atoms with Gasteiger partial charge in [0.1, 0.15) is 0 Å². The van der Waals surface area contributed by atoms with Crippen molar-refractivity contribution in [2.45, 2.75) is 124 Å². The van der Waals surface area contributed by atoms with E-state index in [1.807, 2.05) is 25.1 Å². The fourth-order valence-electron chi connectivity index (χ4n) is 4.95. The van der Waals surface area contributed by atoms with E-state index in [0.717, 1.165) is 37.7 Å². The van der Waals surface area contributed by atoms with Crippen molar-refractivity contribution in [3.05, 3.63) is 47.0 Å². The zero-order valence-electron chi connectivity index (χ0n) is 22.1. The third-order valence-corrected chi connectivity index (χ3v) is 7.40. The molecular weight excluding hydrogens is 420 g/mol. The second-order valence-electron chi connectivity index (χ2n) is 10.8. The van der Waals surface area contributed by atoms with Gasteiger partial charge < -0.3 is 4.74 Å². The van der Waals surface area contributed by atoms with Crippen LogP contribution in [0.1, 0.15) is 134 Å². The SMILES string of the molecule is CC1=C(CCCCCCCCCCCCCCCOC(=O)c2ccccc2)CCC(C)(C)C1=O. The van der Waals surface area contributed by atoms with Gasteiger partial charge in [0.2, 0.25) is 0 Å². The van der Waals surface area contributed by atoms with E-state index in [2.05, 4.69) is 13.8 Å². The Morgan fingerprint density at radius 3 is 1.85 bits per heavy atom. The molecule has 0 aliphatic heterocycles. The maximum absolute atomic E-state index is 12.4. The van der Waals surface area contributed by atoms with Gasteiger partial charge in [-0.1, -0.05) is 108 Å². The number of carbonyl (C=O) groups is 2. The Bertz CT molecular complexity index is 760. The monoisotopic (exact) mass is 468 g/mol. The summed E-state index contributed by atoms with van der Waals surface area (Å²) in [6.45, 7) is 6.75. The lowest BCUT2D eigenvalue weighted by Crippen LogP contribution is -2.29. The molecular formula is C31H48O3. The summed E-state index contributed by atoms with van der Waals surface area (Å²) in [6.07, 6.45) is 19.9. The first-order chi connectivity index (χ1) is 16.4. The molecule has 0 bridgehead atoms. The molecule has 1 aromatic rings. The summed E-state index contributed by atoms with van der Waals surface area (Å²) < 4.78 is 5.33. The number of benzene rings is 1. The molecule has 0 spiro atoms. The van der Waals surface area contributed by atoms with Crippen LogP contribution in [0.25, 0.3) is 0 Å². The molecule has 0 saturated heterocycles. The van der Waals surface area contributed by atoms with Gasteiger partial charge in [-0.15, -0.1) is 0 Å². The standard InChI is InChI=1S/C31H48O3/c1-26-27(23-24-31(2,3)29(26)32)20-16-13-11-9-7-5-4-6-8-10-12-14-19-25-34-30(33)28-21-17-15-18-22-28/h15,17-18,21-22H,4-14,16,19-20,23-25H2,1-3H3. The number of Topliss-reactive ketones (excluding diaryl/α,β-unsaturated/α-hetero) is 1. The smallest absolute Gasteiger partial charge is 0.338 e. The molecule has 0 saturated carbocycles. The Labute approximate surface area is 208 Å². The van der Waals surface area contributed by atoms with E-state index in [1.54, 1.807) is 12.1 Å². The molecule has 1 aromatic carbocycles. The van der Waals surface area contributed by atoms with Crippen LogP contribution >= 0.6 is 0 Å². The number of hydrogen-bond acceptors (Lipinski definition) is 3. The Morgan fingerprint density at radius 2 is 1.29 bits per heavy atom. The van der Waals surface area contributed by atoms with Gasteiger partial charge in [0.15, 0.2) is 5.78 Å². The Kier molecular flexibility index (Phi) is 13.3. The van der Waals surface area contributed by atoms with Crippen LogP contribution in [-0.4, -0.2) is 18.4 Å². The summed E-state index contributed by atoms with van der Waals surface area (Å²) in [5.74, 6) is 0.163. The van der Waals surface area contributed by atoms with Crippen LogP contribution in [0.2, 0.25) is 0 Å². The van der Waals surface area contributed by atoms with Gasteiger partial charge in [-0.25, -0.2) is 4.79 Å². The predicted octanol–water partition coefficient (Wildman–Crippen LogP) is 9.01. The molecule has 0 radical (unpaired) electrons.